The van der Waals surface area contributed by atoms with Crippen LogP contribution in [-0.4, -0.2) is 49.3 Å². The van der Waals surface area contributed by atoms with Crippen molar-refractivity contribution in [3.05, 3.63) is 46.9 Å². The van der Waals surface area contributed by atoms with E-state index in [9.17, 15) is 14.4 Å². The highest BCUT2D eigenvalue weighted by Gasteiger charge is 2.26. The highest BCUT2D eigenvalue weighted by molar-refractivity contribution is 5.94. The van der Waals surface area contributed by atoms with Gasteiger partial charge in [-0.3, -0.25) is 9.59 Å². The fourth-order valence-corrected chi connectivity index (χ4v) is 3.90. The minimum Gasteiger partial charge on any atom is -0.337 e. The van der Waals surface area contributed by atoms with Gasteiger partial charge in [0.05, 0.1) is 17.4 Å². The smallest absolute Gasteiger partial charge is 0.323 e. The van der Waals surface area contributed by atoms with Crippen molar-refractivity contribution < 1.29 is 9.59 Å². The number of hydrogen-bond acceptors (Lipinski definition) is 4. The molecule has 0 bridgehead atoms. The van der Waals surface area contributed by atoms with Crippen LogP contribution in [0.2, 0.25) is 0 Å². The summed E-state index contributed by atoms with van der Waals surface area (Å²) in [5, 5.41) is 2.94. The van der Waals surface area contributed by atoms with Gasteiger partial charge in [-0.15, -0.1) is 0 Å². The average Bonchev–Trinajstić information content (AvgIpc) is 3.33. The lowest BCUT2D eigenvalue weighted by Crippen LogP contribution is -2.41. The molecule has 1 atom stereocenters. The summed E-state index contributed by atoms with van der Waals surface area (Å²) >= 11 is 0. The highest BCUT2D eigenvalue weighted by atomic mass is 16.2. The van der Waals surface area contributed by atoms with E-state index in [0.717, 1.165) is 36.1 Å². The number of carbonyl (C=O) groups excluding carboxylic acids is 2. The van der Waals surface area contributed by atoms with Crippen molar-refractivity contribution in [1.29, 1.82) is 0 Å². The van der Waals surface area contributed by atoms with Crippen LogP contribution >= 0.6 is 0 Å². The van der Waals surface area contributed by atoms with Crippen LogP contribution in [0.1, 0.15) is 36.7 Å². The molecular weight excluding hydrogens is 372 g/mol. The van der Waals surface area contributed by atoms with Crippen molar-refractivity contribution in [3.8, 4) is 0 Å². The van der Waals surface area contributed by atoms with E-state index in [1.165, 1.54) is 6.20 Å². The quantitative estimate of drug-likeness (QED) is 0.611. The number of aromatic amines is 2. The third kappa shape index (κ3) is 4.08. The largest absolute Gasteiger partial charge is 0.337 e. The van der Waals surface area contributed by atoms with Crippen molar-refractivity contribution in [2.75, 3.05) is 18.4 Å². The van der Waals surface area contributed by atoms with Crippen LogP contribution in [0.3, 0.4) is 0 Å². The SMILES string of the molecule is CCn1cnc2cc(NC(=O)CC3CCCN(C(=O)c4c[nH]c(=O)[nH]4)C3)ccc21. The molecule has 0 spiro atoms. The number of aromatic nitrogens is 4. The molecule has 9 nitrogen and oxygen atoms in total. The van der Waals surface area contributed by atoms with E-state index >= 15 is 0 Å². The lowest BCUT2D eigenvalue weighted by atomic mass is 9.94. The molecule has 1 fully saturated rings. The summed E-state index contributed by atoms with van der Waals surface area (Å²) in [6.45, 7) is 4.03. The van der Waals surface area contributed by atoms with Crippen LogP contribution < -0.4 is 11.0 Å². The molecule has 0 aliphatic carbocycles. The van der Waals surface area contributed by atoms with E-state index in [-0.39, 0.29) is 23.4 Å². The molecule has 2 aromatic heterocycles. The number of H-pyrrole nitrogens is 2. The second-order valence-electron chi connectivity index (χ2n) is 7.40. The van der Waals surface area contributed by atoms with Crippen molar-refractivity contribution in [2.45, 2.75) is 32.7 Å². The van der Waals surface area contributed by atoms with Crippen molar-refractivity contribution in [3.63, 3.8) is 0 Å². The molecule has 1 aliphatic heterocycles. The van der Waals surface area contributed by atoms with E-state index in [1.807, 2.05) is 22.8 Å². The van der Waals surface area contributed by atoms with Crippen LogP contribution in [0, 0.1) is 5.92 Å². The molecule has 3 aromatic rings. The van der Waals surface area contributed by atoms with Gasteiger partial charge in [0, 0.05) is 37.9 Å². The zero-order chi connectivity index (χ0) is 20.4. The molecule has 29 heavy (non-hydrogen) atoms. The number of carbonyl (C=O) groups is 2. The number of imidazole rings is 2. The molecule has 0 saturated carbocycles. The third-order valence-corrected chi connectivity index (χ3v) is 5.35. The zero-order valence-corrected chi connectivity index (χ0v) is 16.3. The first-order chi connectivity index (χ1) is 14.0. The molecule has 0 radical (unpaired) electrons. The monoisotopic (exact) mass is 396 g/mol. The number of benzene rings is 1. The second kappa shape index (κ2) is 7.94. The Balaban J connectivity index is 1.36. The fourth-order valence-electron chi connectivity index (χ4n) is 3.90. The second-order valence-corrected chi connectivity index (χ2v) is 7.40. The van der Waals surface area contributed by atoms with Gasteiger partial charge in [-0.1, -0.05) is 0 Å². The molecule has 1 unspecified atom stereocenters. The average molecular weight is 396 g/mol. The predicted molar refractivity (Wildman–Crippen MR) is 109 cm³/mol. The maximum atomic E-state index is 12.5. The van der Waals surface area contributed by atoms with Gasteiger partial charge in [-0.2, -0.15) is 0 Å². The summed E-state index contributed by atoms with van der Waals surface area (Å²) in [7, 11) is 0. The number of hydrogen-bond donors (Lipinski definition) is 3. The minimum atomic E-state index is -0.401. The summed E-state index contributed by atoms with van der Waals surface area (Å²) < 4.78 is 2.05. The maximum absolute atomic E-state index is 12.5. The van der Waals surface area contributed by atoms with Gasteiger partial charge in [0.2, 0.25) is 5.91 Å². The lowest BCUT2D eigenvalue weighted by Gasteiger charge is -2.32. The molecule has 9 heteroatoms. The zero-order valence-electron chi connectivity index (χ0n) is 16.3. The summed E-state index contributed by atoms with van der Waals surface area (Å²) in [5.41, 5.74) is 2.45. The molecule has 3 N–H and O–H groups in total. The van der Waals surface area contributed by atoms with E-state index in [2.05, 4.69) is 27.2 Å². The first-order valence-electron chi connectivity index (χ1n) is 9.85. The van der Waals surface area contributed by atoms with Gasteiger partial charge >= 0.3 is 5.69 Å². The first kappa shape index (κ1) is 19.0. The Kier molecular flexibility index (Phi) is 5.20. The topological polar surface area (TPSA) is 116 Å². The number of anilines is 1. The number of nitrogens with zero attached hydrogens (tertiary/aromatic N) is 3. The molecule has 2 amide bonds. The molecule has 152 valence electrons. The van der Waals surface area contributed by atoms with Crippen molar-refractivity contribution in [2.24, 2.45) is 5.92 Å². The number of rotatable bonds is 5. The summed E-state index contributed by atoms with van der Waals surface area (Å²) in [6.07, 6.45) is 5.24. The Morgan fingerprint density at radius 3 is 2.97 bits per heavy atom. The molecule has 4 rings (SSSR count). The van der Waals surface area contributed by atoms with Crippen LogP contribution in [0.15, 0.2) is 35.5 Å². The highest BCUT2D eigenvalue weighted by Crippen LogP contribution is 2.23. The van der Waals surface area contributed by atoms with Gasteiger partial charge in [0.25, 0.3) is 5.91 Å². The third-order valence-electron chi connectivity index (χ3n) is 5.35. The standard InChI is InChI=1S/C20H24N6O3/c1-2-25-12-22-15-9-14(5-6-17(15)25)23-18(27)8-13-4-3-7-26(11-13)19(28)16-10-21-20(29)24-16/h5-6,9-10,12-13H,2-4,7-8,11H2,1H3,(H,23,27)(H2,21,24,29). The minimum absolute atomic E-state index is 0.0753. The summed E-state index contributed by atoms with van der Waals surface area (Å²) in [4.78, 5) is 47.3. The van der Waals surface area contributed by atoms with Gasteiger partial charge in [0.15, 0.2) is 0 Å². The number of piperidine rings is 1. The number of fused-ring (bicyclic) bond motifs is 1. The number of likely N-dealkylation sites (tertiary alicyclic amines) is 1. The molecule has 3 heterocycles. The Morgan fingerprint density at radius 1 is 1.34 bits per heavy atom. The van der Waals surface area contributed by atoms with Gasteiger partial charge in [-0.25, -0.2) is 9.78 Å². The van der Waals surface area contributed by atoms with E-state index in [1.54, 1.807) is 11.2 Å². The van der Waals surface area contributed by atoms with Crippen molar-refractivity contribution >= 4 is 28.5 Å². The number of aryl methyl sites for hydroxylation is 1. The van der Waals surface area contributed by atoms with Gasteiger partial charge in [0.1, 0.15) is 5.69 Å². The summed E-state index contributed by atoms with van der Waals surface area (Å²) in [5.74, 6) is -0.208. The fraction of sp³-hybridized carbons (Fsp3) is 0.400. The van der Waals surface area contributed by atoms with Gasteiger partial charge in [-0.05, 0) is 43.9 Å². The van der Waals surface area contributed by atoms with Crippen LogP contribution in [0.5, 0.6) is 0 Å². The Labute approximate surface area is 167 Å². The van der Waals surface area contributed by atoms with Crippen molar-refractivity contribution in [1.82, 2.24) is 24.4 Å². The lowest BCUT2D eigenvalue weighted by molar-refractivity contribution is -0.117. The number of amides is 2. The predicted octanol–water partition coefficient (Wildman–Crippen LogP) is 1.95. The normalized spacial score (nSPS) is 16.9. The Bertz CT molecular complexity index is 1100. The Morgan fingerprint density at radius 2 is 2.21 bits per heavy atom. The molecule has 1 saturated heterocycles. The maximum Gasteiger partial charge on any atom is 0.323 e. The molecular formula is C20H24N6O3. The van der Waals surface area contributed by atoms with Crippen LogP contribution in [-0.2, 0) is 11.3 Å². The van der Waals surface area contributed by atoms with E-state index in [0.29, 0.717) is 19.5 Å². The van der Waals surface area contributed by atoms with Crippen LogP contribution in [0.4, 0.5) is 5.69 Å². The number of nitrogens with one attached hydrogen (secondary N) is 3. The van der Waals surface area contributed by atoms with E-state index < -0.39 is 5.69 Å². The Hall–Kier alpha value is -3.36. The van der Waals surface area contributed by atoms with E-state index in [4.69, 9.17) is 0 Å². The first-order valence-corrected chi connectivity index (χ1v) is 9.85. The van der Waals surface area contributed by atoms with Gasteiger partial charge < -0.3 is 24.8 Å². The summed E-state index contributed by atoms with van der Waals surface area (Å²) in [6, 6.07) is 5.71. The molecule has 1 aliphatic rings. The van der Waals surface area contributed by atoms with Crippen LogP contribution in [0.25, 0.3) is 11.0 Å². The molecule has 1 aromatic carbocycles.